The Bertz CT molecular complexity index is 398. The van der Waals surface area contributed by atoms with E-state index in [1.807, 2.05) is 0 Å². The molecule has 0 unspecified atom stereocenters. The molecule has 0 bridgehead atoms. The van der Waals surface area contributed by atoms with Gasteiger partial charge in [0, 0.05) is 12.5 Å². The molecule has 1 aromatic heterocycles. The number of hydrogen-bond donors (Lipinski definition) is 1. The van der Waals surface area contributed by atoms with Gasteiger partial charge in [-0.15, -0.1) is 0 Å². The molecule has 1 heterocycles. The Morgan fingerprint density at radius 2 is 2.08 bits per heavy atom. The van der Waals surface area contributed by atoms with Gasteiger partial charge >= 0.3 is 0 Å². The zero-order chi connectivity index (χ0) is 9.35. The summed E-state index contributed by atoms with van der Waals surface area (Å²) in [6.45, 7) is 1.74. The Morgan fingerprint density at radius 1 is 1.50 bits per heavy atom. The van der Waals surface area contributed by atoms with Crippen LogP contribution in [0.2, 0.25) is 0 Å². The molecule has 0 aromatic carbocycles. The van der Waals surface area contributed by atoms with Gasteiger partial charge in [0.1, 0.15) is 0 Å². The monoisotopic (exact) mass is 186 g/mol. The number of aromatic nitrogens is 1. The largest absolute Gasteiger partial charge is 0.396 e. The SMILES string of the molecule is Cc1ccnc(S(C)(=O)=O)c1N. The minimum atomic E-state index is -3.29. The lowest BCUT2D eigenvalue weighted by atomic mass is 10.3. The first-order valence-corrected chi connectivity index (χ1v) is 5.23. The van der Waals surface area contributed by atoms with Crippen LogP contribution in [0.5, 0.6) is 0 Å². The second-order valence-electron chi connectivity index (χ2n) is 2.62. The van der Waals surface area contributed by atoms with Crippen molar-refractivity contribution in [3.63, 3.8) is 0 Å². The summed E-state index contributed by atoms with van der Waals surface area (Å²) < 4.78 is 22.1. The molecule has 0 atom stereocenters. The van der Waals surface area contributed by atoms with E-state index in [4.69, 9.17) is 5.73 Å². The van der Waals surface area contributed by atoms with Gasteiger partial charge in [-0.1, -0.05) is 0 Å². The number of nitrogen functional groups attached to an aromatic ring is 1. The van der Waals surface area contributed by atoms with Crippen molar-refractivity contribution in [2.24, 2.45) is 0 Å². The number of anilines is 1. The highest BCUT2D eigenvalue weighted by Crippen LogP contribution is 2.17. The van der Waals surface area contributed by atoms with Crippen molar-refractivity contribution in [1.82, 2.24) is 4.98 Å². The van der Waals surface area contributed by atoms with Crippen LogP contribution < -0.4 is 5.73 Å². The fraction of sp³-hybridized carbons (Fsp3) is 0.286. The zero-order valence-electron chi connectivity index (χ0n) is 6.90. The molecule has 12 heavy (non-hydrogen) atoms. The third-order valence-electron chi connectivity index (χ3n) is 1.52. The van der Waals surface area contributed by atoms with E-state index in [0.29, 0.717) is 0 Å². The summed E-state index contributed by atoms with van der Waals surface area (Å²) in [5, 5.41) is -0.0394. The molecule has 0 fully saturated rings. The highest BCUT2D eigenvalue weighted by atomic mass is 32.2. The summed E-state index contributed by atoms with van der Waals surface area (Å²) >= 11 is 0. The fourth-order valence-corrected chi connectivity index (χ4v) is 1.65. The molecule has 5 heteroatoms. The quantitative estimate of drug-likeness (QED) is 0.688. The Labute approximate surface area is 71.3 Å². The molecule has 0 aliphatic carbocycles. The van der Waals surface area contributed by atoms with Crippen LogP contribution in [0.4, 0.5) is 5.69 Å². The Balaban J connectivity index is 3.47. The molecular weight excluding hydrogens is 176 g/mol. The van der Waals surface area contributed by atoms with Crippen molar-refractivity contribution in [2.45, 2.75) is 11.9 Å². The molecular formula is C7H10N2O2S. The van der Waals surface area contributed by atoms with Gasteiger partial charge in [-0.3, -0.25) is 0 Å². The highest BCUT2D eigenvalue weighted by Gasteiger charge is 2.13. The van der Waals surface area contributed by atoms with Crippen LogP contribution >= 0.6 is 0 Å². The Hall–Kier alpha value is -1.10. The van der Waals surface area contributed by atoms with E-state index in [1.54, 1.807) is 13.0 Å². The number of rotatable bonds is 1. The van der Waals surface area contributed by atoms with Crippen LogP contribution in [-0.4, -0.2) is 19.7 Å². The fourth-order valence-electron chi connectivity index (χ4n) is 0.840. The molecule has 0 radical (unpaired) electrons. The van der Waals surface area contributed by atoms with E-state index in [0.717, 1.165) is 11.8 Å². The predicted octanol–water partition coefficient (Wildman–Crippen LogP) is 0.376. The highest BCUT2D eigenvalue weighted by molar-refractivity contribution is 7.90. The van der Waals surface area contributed by atoms with E-state index in [2.05, 4.69) is 4.98 Å². The van der Waals surface area contributed by atoms with Gasteiger partial charge in [0.25, 0.3) is 0 Å². The molecule has 2 N–H and O–H groups in total. The number of sulfone groups is 1. The third-order valence-corrected chi connectivity index (χ3v) is 2.55. The van der Waals surface area contributed by atoms with Crippen molar-refractivity contribution >= 4 is 15.5 Å². The van der Waals surface area contributed by atoms with Gasteiger partial charge in [0.15, 0.2) is 14.9 Å². The number of nitrogens with two attached hydrogens (primary N) is 1. The van der Waals surface area contributed by atoms with E-state index in [9.17, 15) is 8.42 Å². The minimum Gasteiger partial charge on any atom is -0.396 e. The smallest absolute Gasteiger partial charge is 0.194 e. The van der Waals surface area contributed by atoms with E-state index >= 15 is 0 Å². The van der Waals surface area contributed by atoms with Crippen molar-refractivity contribution in [2.75, 3.05) is 12.0 Å². The van der Waals surface area contributed by atoms with Gasteiger partial charge in [0.2, 0.25) is 0 Å². The summed E-state index contributed by atoms with van der Waals surface area (Å²) in [4.78, 5) is 3.70. The average Bonchev–Trinajstić information content (AvgIpc) is 1.92. The van der Waals surface area contributed by atoms with Gasteiger partial charge in [0.05, 0.1) is 5.69 Å². The third kappa shape index (κ3) is 1.55. The Kier molecular flexibility index (Phi) is 2.06. The molecule has 0 saturated carbocycles. The topological polar surface area (TPSA) is 73.0 Å². The number of nitrogens with zero attached hydrogens (tertiary/aromatic N) is 1. The lowest BCUT2D eigenvalue weighted by molar-refractivity contribution is 0.598. The van der Waals surface area contributed by atoms with Crippen molar-refractivity contribution in [1.29, 1.82) is 0 Å². The average molecular weight is 186 g/mol. The molecule has 66 valence electrons. The van der Waals surface area contributed by atoms with Crippen LogP contribution in [0.3, 0.4) is 0 Å². The summed E-state index contributed by atoms with van der Waals surface area (Å²) in [6.07, 6.45) is 2.52. The predicted molar refractivity (Wildman–Crippen MR) is 46.5 cm³/mol. The van der Waals surface area contributed by atoms with Crippen molar-refractivity contribution in [3.05, 3.63) is 17.8 Å². The molecule has 0 aliphatic rings. The minimum absolute atomic E-state index is 0.0394. The number of pyridine rings is 1. The second-order valence-corrected chi connectivity index (χ2v) is 4.55. The molecule has 0 saturated heterocycles. The number of aryl methyl sites for hydroxylation is 1. The molecule has 0 aliphatic heterocycles. The maximum Gasteiger partial charge on any atom is 0.194 e. The summed E-state index contributed by atoms with van der Waals surface area (Å²) in [5.74, 6) is 0. The van der Waals surface area contributed by atoms with Crippen LogP contribution in [0.15, 0.2) is 17.3 Å². The lowest BCUT2D eigenvalue weighted by Gasteiger charge is -2.03. The molecule has 1 aromatic rings. The van der Waals surface area contributed by atoms with Crippen LogP contribution in [-0.2, 0) is 9.84 Å². The Morgan fingerprint density at radius 3 is 2.50 bits per heavy atom. The molecule has 1 rings (SSSR count). The maximum absolute atomic E-state index is 11.1. The zero-order valence-corrected chi connectivity index (χ0v) is 7.72. The number of hydrogen-bond acceptors (Lipinski definition) is 4. The normalized spacial score (nSPS) is 11.5. The van der Waals surface area contributed by atoms with E-state index < -0.39 is 9.84 Å². The van der Waals surface area contributed by atoms with Gasteiger partial charge in [-0.2, -0.15) is 0 Å². The first-order chi connectivity index (χ1) is 5.43. The summed E-state index contributed by atoms with van der Waals surface area (Å²) in [7, 11) is -3.29. The first-order valence-electron chi connectivity index (χ1n) is 3.34. The van der Waals surface area contributed by atoms with Gasteiger partial charge in [-0.05, 0) is 18.6 Å². The summed E-state index contributed by atoms with van der Waals surface area (Å²) in [6, 6.07) is 1.67. The van der Waals surface area contributed by atoms with E-state index in [-0.39, 0.29) is 10.7 Å². The van der Waals surface area contributed by atoms with Crippen molar-refractivity contribution in [3.8, 4) is 0 Å². The molecule has 0 spiro atoms. The molecule has 0 amide bonds. The summed E-state index contributed by atoms with van der Waals surface area (Å²) in [5.41, 5.74) is 6.49. The maximum atomic E-state index is 11.1. The van der Waals surface area contributed by atoms with Gasteiger partial charge < -0.3 is 5.73 Å². The molecule has 4 nitrogen and oxygen atoms in total. The van der Waals surface area contributed by atoms with Crippen LogP contribution in [0, 0.1) is 6.92 Å². The van der Waals surface area contributed by atoms with Gasteiger partial charge in [-0.25, -0.2) is 13.4 Å². The van der Waals surface area contributed by atoms with E-state index in [1.165, 1.54) is 6.20 Å². The van der Waals surface area contributed by atoms with Crippen molar-refractivity contribution < 1.29 is 8.42 Å². The lowest BCUT2D eigenvalue weighted by Crippen LogP contribution is -2.06. The second kappa shape index (κ2) is 2.75. The standard InChI is InChI=1S/C7H10N2O2S/c1-5-3-4-9-7(6(5)8)12(2,10)11/h3-4H,8H2,1-2H3. The van der Waals surface area contributed by atoms with Crippen LogP contribution in [0.1, 0.15) is 5.56 Å². The van der Waals surface area contributed by atoms with Crippen LogP contribution in [0.25, 0.3) is 0 Å². The first kappa shape index (κ1) is 8.99.